The summed E-state index contributed by atoms with van der Waals surface area (Å²) in [6.07, 6.45) is 5.23. The van der Waals surface area contributed by atoms with Gasteiger partial charge >= 0.3 is 0 Å². The summed E-state index contributed by atoms with van der Waals surface area (Å²) in [6.45, 7) is 0. The maximum Gasteiger partial charge on any atom is 0.177 e. The van der Waals surface area contributed by atoms with Gasteiger partial charge in [0.05, 0.1) is 39.4 Å². The Morgan fingerprint density at radius 2 is 1.73 bits per heavy atom. The second kappa shape index (κ2) is 6.57. The lowest BCUT2D eigenvalue weighted by atomic mass is 10.1. The number of aromatic nitrogens is 6. The Kier molecular flexibility index (Phi) is 3.72. The first-order chi connectivity index (χ1) is 14.8. The van der Waals surface area contributed by atoms with Crippen LogP contribution in [0.4, 0.5) is 4.39 Å². The topological polar surface area (TPSA) is 83.1 Å². The van der Waals surface area contributed by atoms with Gasteiger partial charge in [0.2, 0.25) is 0 Å². The van der Waals surface area contributed by atoms with Crippen molar-refractivity contribution in [1.82, 2.24) is 30.1 Å². The molecule has 6 nitrogen and oxygen atoms in total. The second-order valence-corrected chi connectivity index (χ2v) is 7.84. The summed E-state index contributed by atoms with van der Waals surface area (Å²) < 4.78 is 13.6. The third-order valence-electron chi connectivity index (χ3n) is 4.98. The Morgan fingerprint density at radius 1 is 0.800 bits per heavy atom. The number of thiophene rings is 1. The van der Waals surface area contributed by atoms with Crippen molar-refractivity contribution in [1.29, 1.82) is 0 Å². The van der Waals surface area contributed by atoms with Crippen molar-refractivity contribution in [3.05, 3.63) is 72.3 Å². The Bertz CT molecular complexity index is 1520. The molecule has 144 valence electrons. The summed E-state index contributed by atoms with van der Waals surface area (Å²) in [5.41, 5.74) is 5.71. The third-order valence-corrected chi connectivity index (χ3v) is 5.86. The van der Waals surface area contributed by atoms with Crippen LogP contribution in [0.2, 0.25) is 0 Å². The van der Waals surface area contributed by atoms with Gasteiger partial charge in [0.25, 0.3) is 0 Å². The van der Waals surface area contributed by atoms with Crippen molar-refractivity contribution in [3.63, 3.8) is 0 Å². The Morgan fingerprint density at radius 3 is 2.57 bits per heavy atom. The van der Waals surface area contributed by atoms with E-state index in [1.54, 1.807) is 24.7 Å². The zero-order valence-electron chi connectivity index (χ0n) is 15.4. The first-order valence-electron chi connectivity index (χ1n) is 9.25. The van der Waals surface area contributed by atoms with E-state index in [1.165, 1.54) is 6.07 Å². The van der Waals surface area contributed by atoms with Crippen LogP contribution in [0.5, 0.6) is 0 Å². The van der Waals surface area contributed by atoms with Crippen molar-refractivity contribution in [2.24, 2.45) is 0 Å². The summed E-state index contributed by atoms with van der Waals surface area (Å²) in [4.78, 5) is 17.6. The van der Waals surface area contributed by atoms with Gasteiger partial charge in [-0.1, -0.05) is 6.07 Å². The predicted octanol–water partition coefficient (Wildman–Crippen LogP) is 5.43. The van der Waals surface area contributed by atoms with Crippen LogP contribution in [-0.2, 0) is 0 Å². The molecule has 0 spiro atoms. The van der Waals surface area contributed by atoms with Gasteiger partial charge in [-0.3, -0.25) is 20.1 Å². The van der Waals surface area contributed by atoms with Crippen LogP contribution in [0.25, 0.3) is 55.2 Å². The number of H-pyrrole nitrogens is 2. The van der Waals surface area contributed by atoms with Crippen LogP contribution in [0.3, 0.4) is 0 Å². The van der Waals surface area contributed by atoms with Gasteiger partial charge in [-0.25, -0.2) is 0 Å². The van der Waals surface area contributed by atoms with Gasteiger partial charge in [0.1, 0.15) is 5.69 Å². The fourth-order valence-electron chi connectivity index (χ4n) is 3.60. The average Bonchev–Trinajstić information content (AvgIpc) is 3.51. The normalized spacial score (nSPS) is 11.5. The van der Waals surface area contributed by atoms with Crippen LogP contribution >= 0.6 is 11.3 Å². The lowest BCUT2D eigenvalue weighted by Gasteiger charge is -2.00. The van der Waals surface area contributed by atoms with Gasteiger partial charge in [0, 0.05) is 28.7 Å². The van der Waals surface area contributed by atoms with Crippen LogP contribution < -0.4 is 0 Å². The first kappa shape index (κ1) is 17.0. The molecule has 8 heteroatoms. The van der Waals surface area contributed by atoms with Crippen LogP contribution in [0, 0.1) is 5.13 Å². The monoisotopic (exact) mass is 412 g/mol. The van der Waals surface area contributed by atoms with Crippen LogP contribution in [0.15, 0.2) is 67.1 Å². The van der Waals surface area contributed by atoms with Crippen molar-refractivity contribution in [2.75, 3.05) is 0 Å². The molecule has 0 aliphatic rings. The summed E-state index contributed by atoms with van der Waals surface area (Å²) in [5, 5.41) is 9.18. The van der Waals surface area contributed by atoms with E-state index in [9.17, 15) is 4.39 Å². The standard InChI is InChI=1S/C22H13FN6S/c23-20-5-4-19(30-20)22-12-10-17(27-14(12)6-8-25-22)21-13-9-16(15-3-1-2-7-24-15)26-11-18(13)28-29-21/h1-11,27H,(H,28,29). The fourth-order valence-corrected chi connectivity index (χ4v) is 4.34. The Hall–Kier alpha value is -3.91. The van der Waals surface area contributed by atoms with Gasteiger partial charge < -0.3 is 4.98 Å². The quantitative estimate of drug-likeness (QED) is 0.406. The molecule has 0 aromatic carbocycles. The fraction of sp³-hybridized carbons (Fsp3) is 0. The van der Waals surface area contributed by atoms with Crippen molar-refractivity contribution >= 4 is 33.1 Å². The Balaban J connectivity index is 1.52. The highest BCUT2D eigenvalue weighted by molar-refractivity contribution is 7.13. The second-order valence-electron chi connectivity index (χ2n) is 6.81. The zero-order valence-corrected chi connectivity index (χ0v) is 16.2. The van der Waals surface area contributed by atoms with Crippen LogP contribution in [-0.4, -0.2) is 30.1 Å². The van der Waals surface area contributed by atoms with Gasteiger partial charge in [-0.15, -0.1) is 11.3 Å². The predicted molar refractivity (Wildman–Crippen MR) is 115 cm³/mol. The number of nitrogens with one attached hydrogen (secondary N) is 2. The molecular weight excluding hydrogens is 399 g/mol. The molecule has 0 radical (unpaired) electrons. The molecule has 0 fully saturated rings. The largest absolute Gasteiger partial charge is 0.353 e. The molecule has 0 saturated heterocycles. The number of aromatic amines is 2. The van der Waals surface area contributed by atoms with E-state index in [-0.39, 0.29) is 5.13 Å². The minimum Gasteiger partial charge on any atom is -0.353 e. The third kappa shape index (κ3) is 2.69. The van der Waals surface area contributed by atoms with E-state index in [4.69, 9.17) is 0 Å². The number of hydrogen-bond donors (Lipinski definition) is 2. The number of nitrogens with zero attached hydrogens (tertiary/aromatic N) is 4. The lowest BCUT2D eigenvalue weighted by Crippen LogP contribution is -1.86. The zero-order chi connectivity index (χ0) is 20.1. The molecule has 0 bridgehead atoms. The highest BCUT2D eigenvalue weighted by Crippen LogP contribution is 2.35. The summed E-state index contributed by atoms with van der Waals surface area (Å²) >= 11 is 1.08. The van der Waals surface area contributed by atoms with E-state index in [2.05, 4.69) is 30.1 Å². The molecule has 0 amide bonds. The van der Waals surface area contributed by atoms with Crippen LogP contribution in [0.1, 0.15) is 0 Å². The molecule has 0 aliphatic heterocycles. The van der Waals surface area contributed by atoms with E-state index >= 15 is 0 Å². The Labute approximate surface area is 173 Å². The molecule has 0 atom stereocenters. The SMILES string of the molecule is Fc1ccc(-c2nccc3[nH]c(-c4n[nH]c5cnc(-c6ccccn6)cc45)cc23)s1. The minimum absolute atomic E-state index is 0.229. The van der Waals surface area contributed by atoms with Gasteiger partial charge in [0.15, 0.2) is 5.13 Å². The summed E-state index contributed by atoms with van der Waals surface area (Å²) in [6, 6.07) is 14.8. The van der Waals surface area contributed by atoms with E-state index < -0.39 is 0 Å². The van der Waals surface area contributed by atoms with E-state index in [0.29, 0.717) is 0 Å². The molecule has 0 saturated carbocycles. The molecule has 6 rings (SSSR count). The molecular formula is C22H13FN6S. The average molecular weight is 412 g/mol. The first-order valence-corrected chi connectivity index (χ1v) is 10.1. The maximum absolute atomic E-state index is 13.6. The minimum atomic E-state index is -0.229. The van der Waals surface area contributed by atoms with Crippen molar-refractivity contribution < 1.29 is 4.39 Å². The number of halogens is 1. The molecule has 2 N–H and O–H groups in total. The molecule has 6 aromatic rings. The van der Waals surface area contributed by atoms with Gasteiger partial charge in [-0.05, 0) is 42.5 Å². The lowest BCUT2D eigenvalue weighted by molar-refractivity contribution is 0.657. The molecule has 0 aliphatic carbocycles. The number of pyridine rings is 3. The van der Waals surface area contributed by atoms with Crippen molar-refractivity contribution in [2.45, 2.75) is 0 Å². The van der Waals surface area contributed by atoms with Crippen molar-refractivity contribution in [3.8, 4) is 33.3 Å². The smallest absolute Gasteiger partial charge is 0.177 e. The molecule has 30 heavy (non-hydrogen) atoms. The molecule has 6 heterocycles. The van der Waals surface area contributed by atoms with Gasteiger partial charge in [-0.2, -0.15) is 9.49 Å². The van der Waals surface area contributed by atoms with E-state index in [0.717, 1.165) is 66.5 Å². The highest BCUT2D eigenvalue weighted by atomic mass is 32.1. The highest BCUT2D eigenvalue weighted by Gasteiger charge is 2.16. The van der Waals surface area contributed by atoms with E-state index in [1.807, 2.05) is 36.4 Å². The number of hydrogen-bond acceptors (Lipinski definition) is 5. The summed E-state index contributed by atoms with van der Waals surface area (Å²) in [7, 11) is 0. The molecule has 6 aromatic heterocycles. The maximum atomic E-state index is 13.6. The summed E-state index contributed by atoms with van der Waals surface area (Å²) in [5.74, 6) is 0. The molecule has 0 unspecified atom stereocenters. The number of fused-ring (bicyclic) bond motifs is 2. The number of rotatable bonds is 3.